The predicted octanol–water partition coefficient (Wildman–Crippen LogP) is 3.47. The lowest BCUT2D eigenvalue weighted by atomic mass is 10.1. The standard InChI is InChI=1S/C18H17ClF3N5O3S/c1-10(13-8-11-7-12(19)3-4-14(11)25-16(13)28)24-17-23-6-5-15(26-17)27(31(2,29)30)9-18(20,21)22/h3-8,10H,9H2,1-2H3,(H,25,28)(H,23,24,26)/t10-/m0/s1. The number of rotatable bonds is 6. The van der Waals surface area contributed by atoms with Gasteiger partial charge in [-0.3, -0.25) is 4.79 Å². The zero-order valence-corrected chi connectivity index (χ0v) is 17.8. The molecule has 0 bridgehead atoms. The van der Waals surface area contributed by atoms with Crippen LogP contribution >= 0.6 is 11.6 Å². The molecule has 31 heavy (non-hydrogen) atoms. The van der Waals surface area contributed by atoms with Crippen molar-refractivity contribution < 1.29 is 21.6 Å². The SMILES string of the molecule is C[C@H](Nc1nccc(N(CC(F)(F)F)S(C)(=O)=O)n1)c1cc2cc(Cl)ccc2[nH]c1=O. The predicted molar refractivity (Wildman–Crippen MR) is 112 cm³/mol. The molecule has 3 rings (SSSR count). The highest BCUT2D eigenvalue weighted by Crippen LogP contribution is 2.25. The Balaban J connectivity index is 1.92. The highest BCUT2D eigenvalue weighted by atomic mass is 35.5. The Labute approximate surface area is 180 Å². The van der Waals surface area contributed by atoms with E-state index in [1.165, 1.54) is 0 Å². The van der Waals surface area contributed by atoms with E-state index in [9.17, 15) is 26.4 Å². The van der Waals surface area contributed by atoms with Gasteiger partial charge in [-0.05, 0) is 31.2 Å². The molecule has 166 valence electrons. The Kier molecular flexibility index (Phi) is 6.14. The molecular weight excluding hydrogens is 459 g/mol. The minimum absolute atomic E-state index is 0.134. The van der Waals surface area contributed by atoms with Gasteiger partial charge in [-0.25, -0.2) is 17.7 Å². The number of hydrogen-bond donors (Lipinski definition) is 2. The lowest BCUT2D eigenvalue weighted by Gasteiger charge is -2.23. The third-order valence-corrected chi connectivity index (χ3v) is 5.62. The largest absolute Gasteiger partial charge is 0.407 e. The number of aromatic nitrogens is 3. The Morgan fingerprint density at radius 2 is 1.97 bits per heavy atom. The summed E-state index contributed by atoms with van der Waals surface area (Å²) < 4.78 is 62.4. The number of fused-ring (bicyclic) bond motifs is 1. The summed E-state index contributed by atoms with van der Waals surface area (Å²) in [6.07, 6.45) is -3.00. The number of H-pyrrole nitrogens is 1. The van der Waals surface area contributed by atoms with Gasteiger partial charge in [0, 0.05) is 33.8 Å². The van der Waals surface area contributed by atoms with Gasteiger partial charge in [0.2, 0.25) is 16.0 Å². The minimum Gasteiger partial charge on any atom is -0.347 e. The van der Waals surface area contributed by atoms with Crippen molar-refractivity contribution in [3.05, 3.63) is 57.5 Å². The summed E-state index contributed by atoms with van der Waals surface area (Å²) in [5.74, 6) is -0.602. The first-order valence-electron chi connectivity index (χ1n) is 8.80. The molecule has 0 aliphatic carbocycles. The normalized spacial score (nSPS) is 13.2. The zero-order valence-electron chi connectivity index (χ0n) is 16.2. The Hall–Kier alpha value is -2.86. The van der Waals surface area contributed by atoms with Crippen molar-refractivity contribution in [1.82, 2.24) is 15.0 Å². The molecular formula is C18H17ClF3N5O3S. The van der Waals surface area contributed by atoms with E-state index in [1.54, 1.807) is 31.2 Å². The molecule has 2 N–H and O–H groups in total. The molecule has 1 atom stereocenters. The van der Waals surface area contributed by atoms with Crippen LogP contribution in [0.5, 0.6) is 0 Å². The molecule has 0 aliphatic heterocycles. The topological polar surface area (TPSA) is 108 Å². The van der Waals surface area contributed by atoms with Crippen LogP contribution < -0.4 is 15.2 Å². The van der Waals surface area contributed by atoms with E-state index < -0.39 is 34.6 Å². The third-order valence-electron chi connectivity index (χ3n) is 4.27. The number of halogens is 4. The van der Waals surface area contributed by atoms with Crippen LogP contribution in [0.3, 0.4) is 0 Å². The summed E-state index contributed by atoms with van der Waals surface area (Å²) in [6.45, 7) is -0.107. The van der Waals surface area contributed by atoms with E-state index in [2.05, 4.69) is 20.3 Å². The number of benzene rings is 1. The zero-order chi connectivity index (χ0) is 23.0. The lowest BCUT2D eigenvalue weighted by Crippen LogP contribution is -2.39. The van der Waals surface area contributed by atoms with Crippen molar-refractivity contribution in [1.29, 1.82) is 0 Å². The molecule has 2 heterocycles. The van der Waals surface area contributed by atoms with Crippen molar-refractivity contribution in [2.24, 2.45) is 0 Å². The Bertz CT molecular complexity index is 1280. The van der Waals surface area contributed by atoms with Gasteiger partial charge in [-0.2, -0.15) is 18.2 Å². The third kappa shape index (κ3) is 5.64. The fraction of sp³-hybridized carbons (Fsp3) is 0.278. The fourth-order valence-electron chi connectivity index (χ4n) is 2.88. The van der Waals surface area contributed by atoms with Gasteiger partial charge < -0.3 is 10.3 Å². The fourth-order valence-corrected chi connectivity index (χ4v) is 3.88. The molecule has 0 saturated carbocycles. The molecule has 0 spiro atoms. The van der Waals surface area contributed by atoms with Crippen molar-refractivity contribution >= 4 is 44.3 Å². The number of anilines is 2. The number of aromatic amines is 1. The first kappa shape index (κ1) is 22.8. The van der Waals surface area contributed by atoms with E-state index in [0.717, 1.165) is 12.3 Å². The molecule has 0 radical (unpaired) electrons. The van der Waals surface area contributed by atoms with Crippen LogP contribution in [0.15, 0.2) is 41.3 Å². The molecule has 0 saturated heterocycles. The van der Waals surface area contributed by atoms with Crippen molar-refractivity contribution in [3.63, 3.8) is 0 Å². The maximum atomic E-state index is 12.8. The van der Waals surface area contributed by atoms with Gasteiger partial charge in [-0.15, -0.1) is 0 Å². The van der Waals surface area contributed by atoms with Gasteiger partial charge in [0.05, 0.1) is 12.3 Å². The lowest BCUT2D eigenvalue weighted by molar-refractivity contribution is -0.117. The maximum absolute atomic E-state index is 12.8. The van der Waals surface area contributed by atoms with Gasteiger partial charge >= 0.3 is 6.18 Å². The molecule has 13 heteroatoms. The van der Waals surface area contributed by atoms with Crippen LogP contribution in [0, 0.1) is 0 Å². The van der Waals surface area contributed by atoms with Crippen molar-refractivity contribution in [3.8, 4) is 0 Å². The molecule has 0 amide bonds. The average Bonchev–Trinajstić information content (AvgIpc) is 2.64. The molecule has 0 unspecified atom stereocenters. The van der Waals surface area contributed by atoms with Crippen molar-refractivity contribution in [2.45, 2.75) is 19.1 Å². The second-order valence-electron chi connectivity index (χ2n) is 6.77. The maximum Gasteiger partial charge on any atom is 0.407 e. The molecule has 1 aromatic carbocycles. The van der Waals surface area contributed by atoms with E-state index in [4.69, 9.17) is 11.6 Å². The monoisotopic (exact) mass is 475 g/mol. The molecule has 8 nitrogen and oxygen atoms in total. The smallest absolute Gasteiger partial charge is 0.347 e. The second kappa shape index (κ2) is 8.35. The van der Waals surface area contributed by atoms with E-state index in [-0.39, 0.29) is 15.8 Å². The highest BCUT2D eigenvalue weighted by molar-refractivity contribution is 7.92. The van der Waals surface area contributed by atoms with Crippen LogP contribution in [0.4, 0.5) is 24.9 Å². The highest BCUT2D eigenvalue weighted by Gasteiger charge is 2.35. The number of sulfonamides is 1. The Morgan fingerprint density at radius 3 is 2.61 bits per heavy atom. The van der Waals surface area contributed by atoms with Gasteiger partial charge in [0.15, 0.2) is 0 Å². The summed E-state index contributed by atoms with van der Waals surface area (Å²) in [4.78, 5) is 23.0. The number of nitrogens with one attached hydrogen (secondary N) is 2. The first-order valence-corrected chi connectivity index (χ1v) is 11.0. The van der Waals surface area contributed by atoms with Gasteiger partial charge in [0.1, 0.15) is 12.4 Å². The number of hydrogen-bond acceptors (Lipinski definition) is 6. The van der Waals surface area contributed by atoms with Gasteiger partial charge in [-0.1, -0.05) is 11.6 Å². The number of alkyl halides is 3. The van der Waals surface area contributed by atoms with Gasteiger partial charge in [0.25, 0.3) is 5.56 Å². The van der Waals surface area contributed by atoms with E-state index in [1.807, 2.05) is 0 Å². The summed E-state index contributed by atoms with van der Waals surface area (Å²) in [5.41, 5.74) is 0.499. The summed E-state index contributed by atoms with van der Waals surface area (Å²) in [7, 11) is -4.26. The van der Waals surface area contributed by atoms with Crippen molar-refractivity contribution in [2.75, 3.05) is 22.4 Å². The van der Waals surface area contributed by atoms with E-state index in [0.29, 0.717) is 27.7 Å². The number of pyridine rings is 1. The molecule has 2 aromatic heterocycles. The van der Waals surface area contributed by atoms with Crippen LogP contribution in [0.2, 0.25) is 5.02 Å². The average molecular weight is 476 g/mol. The molecule has 3 aromatic rings. The van der Waals surface area contributed by atoms with Crippen LogP contribution in [-0.2, 0) is 10.0 Å². The second-order valence-corrected chi connectivity index (χ2v) is 9.12. The van der Waals surface area contributed by atoms with E-state index >= 15 is 0 Å². The minimum atomic E-state index is -4.77. The van der Waals surface area contributed by atoms with Crippen LogP contribution in [0.1, 0.15) is 18.5 Å². The summed E-state index contributed by atoms with van der Waals surface area (Å²) in [5, 5.41) is 3.97. The van der Waals surface area contributed by atoms with Crippen LogP contribution in [0.25, 0.3) is 10.9 Å². The molecule has 0 aliphatic rings. The summed E-state index contributed by atoms with van der Waals surface area (Å²) in [6, 6.07) is 6.97. The quantitative estimate of drug-likeness (QED) is 0.565. The first-order chi connectivity index (χ1) is 14.3. The molecule has 0 fully saturated rings. The number of nitrogens with zero attached hydrogens (tertiary/aromatic N) is 3. The van der Waals surface area contributed by atoms with Crippen LogP contribution in [-0.4, -0.2) is 42.3 Å². The summed E-state index contributed by atoms with van der Waals surface area (Å²) >= 11 is 5.99. The Morgan fingerprint density at radius 1 is 1.26 bits per heavy atom.